The van der Waals surface area contributed by atoms with Crippen molar-refractivity contribution in [3.8, 4) is 0 Å². The van der Waals surface area contributed by atoms with E-state index >= 15 is 0 Å². The molecule has 0 aliphatic carbocycles. The maximum absolute atomic E-state index is 12.2. The predicted molar refractivity (Wildman–Crippen MR) is 77.9 cm³/mol. The number of para-hydroxylation sites is 1. The molecular formula is C16H18N2O. The zero-order chi connectivity index (χ0) is 13.5. The van der Waals surface area contributed by atoms with E-state index in [0.29, 0.717) is 6.54 Å². The van der Waals surface area contributed by atoms with Gasteiger partial charge in [0.1, 0.15) is 6.04 Å². The molecular weight excluding hydrogens is 236 g/mol. The van der Waals surface area contributed by atoms with Crippen molar-refractivity contribution >= 4 is 11.6 Å². The Morgan fingerprint density at radius 2 is 1.58 bits per heavy atom. The fourth-order valence-corrected chi connectivity index (χ4v) is 1.92. The number of carbonyl (C=O) groups is 1. The van der Waals surface area contributed by atoms with Gasteiger partial charge in [0.15, 0.2) is 0 Å². The van der Waals surface area contributed by atoms with Crippen LogP contribution in [-0.2, 0) is 4.79 Å². The first kappa shape index (κ1) is 13.1. The number of nitrogens with one attached hydrogen (secondary N) is 2. The SMILES string of the molecule is CCNC(=O)C(Nc1ccccc1)c1ccccc1. The Balaban J connectivity index is 2.22. The van der Waals surface area contributed by atoms with E-state index in [9.17, 15) is 4.79 Å². The molecule has 2 rings (SSSR count). The van der Waals surface area contributed by atoms with Crippen molar-refractivity contribution < 1.29 is 4.79 Å². The Morgan fingerprint density at radius 1 is 1.00 bits per heavy atom. The van der Waals surface area contributed by atoms with Crippen LogP contribution in [-0.4, -0.2) is 12.5 Å². The zero-order valence-corrected chi connectivity index (χ0v) is 11.0. The van der Waals surface area contributed by atoms with Gasteiger partial charge in [-0.1, -0.05) is 48.5 Å². The number of anilines is 1. The van der Waals surface area contributed by atoms with Crippen molar-refractivity contribution in [2.24, 2.45) is 0 Å². The summed E-state index contributed by atoms with van der Waals surface area (Å²) < 4.78 is 0. The summed E-state index contributed by atoms with van der Waals surface area (Å²) in [4.78, 5) is 12.2. The van der Waals surface area contributed by atoms with Crippen LogP contribution in [0.1, 0.15) is 18.5 Å². The lowest BCUT2D eigenvalue weighted by Crippen LogP contribution is -2.33. The standard InChI is InChI=1S/C16H18N2O/c1-2-17-16(19)15(13-9-5-3-6-10-13)18-14-11-7-4-8-12-14/h3-12,15,18H,2H2,1H3,(H,17,19). The van der Waals surface area contributed by atoms with Gasteiger partial charge in [-0.2, -0.15) is 0 Å². The van der Waals surface area contributed by atoms with E-state index in [0.717, 1.165) is 11.3 Å². The van der Waals surface area contributed by atoms with Gasteiger partial charge in [-0.05, 0) is 24.6 Å². The molecule has 0 spiro atoms. The van der Waals surface area contributed by atoms with Crippen molar-refractivity contribution in [3.05, 3.63) is 66.2 Å². The zero-order valence-electron chi connectivity index (χ0n) is 11.0. The minimum absolute atomic E-state index is 0.0162. The van der Waals surface area contributed by atoms with Crippen LogP contribution in [0.25, 0.3) is 0 Å². The van der Waals surface area contributed by atoms with E-state index in [4.69, 9.17) is 0 Å². The first-order chi connectivity index (χ1) is 9.31. The summed E-state index contributed by atoms with van der Waals surface area (Å²) in [6, 6.07) is 19.1. The maximum atomic E-state index is 12.2. The largest absolute Gasteiger partial charge is 0.370 e. The number of carbonyl (C=O) groups excluding carboxylic acids is 1. The molecule has 19 heavy (non-hydrogen) atoms. The fraction of sp³-hybridized carbons (Fsp3) is 0.188. The van der Waals surface area contributed by atoms with Crippen LogP contribution in [0.2, 0.25) is 0 Å². The highest BCUT2D eigenvalue weighted by Crippen LogP contribution is 2.19. The summed E-state index contributed by atoms with van der Waals surface area (Å²) in [5.41, 5.74) is 1.89. The van der Waals surface area contributed by atoms with Gasteiger partial charge in [0, 0.05) is 12.2 Å². The minimum atomic E-state index is -0.372. The molecule has 0 radical (unpaired) electrons. The Labute approximate surface area is 113 Å². The third-order valence-corrected chi connectivity index (χ3v) is 2.83. The number of amides is 1. The van der Waals surface area contributed by atoms with Crippen LogP contribution < -0.4 is 10.6 Å². The van der Waals surface area contributed by atoms with Gasteiger partial charge in [-0.25, -0.2) is 0 Å². The quantitative estimate of drug-likeness (QED) is 0.861. The Hall–Kier alpha value is -2.29. The first-order valence-corrected chi connectivity index (χ1v) is 6.45. The summed E-state index contributed by atoms with van der Waals surface area (Å²) >= 11 is 0. The van der Waals surface area contributed by atoms with Gasteiger partial charge in [-0.3, -0.25) is 4.79 Å². The molecule has 0 saturated carbocycles. The molecule has 0 aromatic heterocycles. The van der Waals surface area contributed by atoms with Crippen LogP contribution in [0.4, 0.5) is 5.69 Å². The van der Waals surface area contributed by atoms with E-state index in [-0.39, 0.29) is 11.9 Å². The molecule has 3 heteroatoms. The number of rotatable bonds is 5. The molecule has 0 fully saturated rings. The molecule has 0 aliphatic heterocycles. The summed E-state index contributed by atoms with van der Waals surface area (Å²) in [6.07, 6.45) is 0. The van der Waals surface area contributed by atoms with Crippen LogP contribution in [0.3, 0.4) is 0 Å². The van der Waals surface area contributed by atoms with Crippen molar-refractivity contribution in [2.75, 3.05) is 11.9 Å². The Kier molecular flexibility index (Phi) is 4.56. The summed E-state index contributed by atoms with van der Waals surface area (Å²) in [6.45, 7) is 2.54. The van der Waals surface area contributed by atoms with E-state index in [1.165, 1.54) is 0 Å². The third kappa shape index (κ3) is 3.58. The summed E-state index contributed by atoms with van der Waals surface area (Å²) in [7, 11) is 0. The van der Waals surface area contributed by atoms with Gasteiger partial charge in [-0.15, -0.1) is 0 Å². The Morgan fingerprint density at radius 3 is 2.16 bits per heavy atom. The first-order valence-electron chi connectivity index (χ1n) is 6.45. The third-order valence-electron chi connectivity index (χ3n) is 2.83. The highest BCUT2D eigenvalue weighted by atomic mass is 16.2. The van der Waals surface area contributed by atoms with Crippen molar-refractivity contribution in [1.82, 2.24) is 5.32 Å². The summed E-state index contributed by atoms with van der Waals surface area (Å²) in [5.74, 6) is -0.0162. The monoisotopic (exact) mass is 254 g/mol. The lowest BCUT2D eigenvalue weighted by Gasteiger charge is -2.19. The van der Waals surface area contributed by atoms with Gasteiger partial charge in [0.25, 0.3) is 0 Å². The summed E-state index contributed by atoms with van der Waals surface area (Å²) in [5, 5.41) is 6.13. The smallest absolute Gasteiger partial charge is 0.247 e. The molecule has 2 aromatic rings. The molecule has 1 amide bonds. The average Bonchev–Trinajstić information content (AvgIpc) is 2.47. The van der Waals surface area contributed by atoms with Crippen molar-refractivity contribution in [1.29, 1.82) is 0 Å². The van der Waals surface area contributed by atoms with Crippen LogP contribution in [0, 0.1) is 0 Å². The molecule has 0 heterocycles. The van der Waals surface area contributed by atoms with Gasteiger partial charge < -0.3 is 10.6 Å². The van der Waals surface area contributed by atoms with Gasteiger partial charge in [0.05, 0.1) is 0 Å². The van der Waals surface area contributed by atoms with Crippen LogP contribution in [0.15, 0.2) is 60.7 Å². The molecule has 1 atom stereocenters. The van der Waals surface area contributed by atoms with Crippen LogP contribution in [0.5, 0.6) is 0 Å². The van der Waals surface area contributed by atoms with Crippen molar-refractivity contribution in [2.45, 2.75) is 13.0 Å². The van der Waals surface area contributed by atoms with E-state index in [1.807, 2.05) is 67.6 Å². The molecule has 1 unspecified atom stereocenters. The number of hydrogen-bond acceptors (Lipinski definition) is 2. The maximum Gasteiger partial charge on any atom is 0.247 e. The van der Waals surface area contributed by atoms with E-state index in [1.54, 1.807) is 0 Å². The number of likely N-dealkylation sites (N-methyl/N-ethyl adjacent to an activating group) is 1. The molecule has 2 N–H and O–H groups in total. The Bertz CT molecular complexity index is 511. The van der Waals surface area contributed by atoms with Crippen LogP contribution >= 0.6 is 0 Å². The second-order valence-corrected chi connectivity index (χ2v) is 4.25. The second-order valence-electron chi connectivity index (χ2n) is 4.25. The fourth-order valence-electron chi connectivity index (χ4n) is 1.92. The average molecular weight is 254 g/mol. The van der Waals surface area contributed by atoms with Gasteiger partial charge in [0.2, 0.25) is 5.91 Å². The lowest BCUT2D eigenvalue weighted by molar-refractivity contribution is -0.121. The van der Waals surface area contributed by atoms with Crippen molar-refractivity contribution in [3.63, 3.8) is 0 Å². The molecule has 0 saturated heterocycles. The van der Waals surface area contributed by atoms with E-state index < -0.39 is 0 Å². The minimum Gasteiger partial charge on any atom is -0.370 e. The molecule has 2 aromatic carbocycles. The molecule has 98 valence electrons. The predicted octanol–water partition coefficient (Wildman–Crippen LogP) is 2.98. The highest BCUT2D eigenvalue weighted by molar-refractivity contribution is 5.86. The number of hydrogen-bond donors (Lipinski definition) is 2. The lowest BCUT2D eigenvalue weighted by atomic mass is 10.1. The molecule has 0 bridgehead atoms. The molecule has 3 nitrogen and oxygen atoms in total. The highest BCUT2D eigenvalue weighted by Gasteiger charge is 2.19. The molecule has 0 aliphatic rings. The second kappa shape index (κ2) is 6.59. The van der Waals surface area contributed by atoms with Gasteiger partial charge >= 0.3 is 0 Å². The number of benzene rings is 2. The van der Waals surface area contributed by atoms with E-state index in [2.05, 4.69) is 10.6 Å². The normalized spacial score (nSPS) is 11.6. The topological polar surface area (TPSA) is 41.1 Å².